The summed E-state index contributed by atoms with van der Waals surface area (Å²) in [5.74, 6) is 0. The Balaban J connectivity index is 2.66. The highest BCUT2D eigenvalue weighted by atomic mass is 16.5. The Morgan fingerprint density at radius 2 is 1.71 bits per heavy atom. The molecule has 90 valence electrons. The molecule has 0 saturated heterocycles. The van der Waals surface area contributed by atoms with Crippen molar-refractivity contribution in [3.8, 4) is 0 Å². The van der Waals surface area contributed by atoms with E-state index >= 15 is 0 Å². The van der Waals surface area contributed by atoms with Gasteiger partial charge in [-0.15, -0.1) is 0 Å². The van der Waals surface area contributed by atoms with Crippen LogP contribution in [0.2, 0.25) is 0 Å². The van der Waals surface area contributed by atoms with Crippen molar-refractivity contribution in [2.45, 2.75) is 20.1 Å². The lowest BCUT2D eigenvalue weighted by Gasteiger charge is -2.14. The molecule has 2 nitrogen and oxygen atoms in total. The van der Waals surface area contributed by atoms with Crippen molar-refractivity contribution in [3.63, 3.8) is 0 Å². The average Bonchev–Trinajstić information content (AvgIpc) is 2.35. The standard InChI is InChI=1S/C15H18O2/c1-11-13(9-16-2)8-12-6-4-5-7-14(12)15(11)10-17-3/h4-8H,9-10H2,1-3H3. The van der Waals surface area contributed by atoms with Crippen molar-refractivity contribution in [1.82, 2.24) is 0 Å². The third-order valence-corrected chi connectivity index (χ3v) is 3.14. The summed E-state index contributed by atoms with van der Waals surface area (Å²) in [7, 11) is 3.46. The van der Waals surface area contributed by atoms with Gasteiger partial charge in [-0.1, -0.05) is 24.3 Å². The van der Waals surface area contributed by atoms with Crippen molar-refractivity contribution < 1.29 is 9.47 Å². The quantitative estimate of drug-likeness (QED) is 0.801. The molecular formula is C15H18O2. The fourth-order valence-corrected chi connectivity index (χ4v) is 2.23. The van der Waals surface area contributed by atoms with Crippen LogP contribution in [-0.4, -0.2) is 14.2 Å². The van der Waals surface area contributed by atoms with Crippen molar-refractivity contribution in [2.75, 3.05) is 14.2 Å². The number of benzene rings is 2. The lowest BCUT2D eigenvalue weighted by atomic mass is 9.95. The fraction of sp³-hybridized carbons (Fsp3) is 0.333. The van der Waals surface area contributed by atoms with Crippen molar-refractivity contribution in [3.05, 3.63) is 47.0 Å². The predicted molar refractivity (Wildman–Crippen MR) is 70.1 cm³/mol. The van der Waals surface area contributed by atoms with Gasteiger partial charge in [0.1, 0.15) is 0 Å². The largest absolute Gasteiger partial charge is 0.380 e. The van der Waals surface area contributed by atoms with Crippen LogP contribution < -0.4 is 0 Å². The number of hydrogen-bond acceptors (Lipinski definition) is 2. The second kappa shape index (κ2) is 5.30. The molecule has 0 aliphatic heterocycles. The number of hydrogen-bond donors (Lipinski definition) is 0. The first-order valence-corrected chi connectivity index (χ1v) is 5.76. The van der Waals surface area contributed by atoms with Crippen LogP contribution in [0.1, 0.15) is 16.7 Å². The van der Waals surface area contributed by atoms with Crippen molar-refractivity contribution in [2.24, 2.45) is 0 Å². The topological polar surface area (TPSA) is 18.5 Å². The van der Waals surface area contributed by atoms with E-state index in [9.17, 15) is 0 Å². The van der Waals surface area contributed by atoms with Gasteiger partial charge in [0.25, 0.3) is 0 Å². The molecule has 2 rings (SSSR count). The van der Waals surface area contributed by atoms with E-state index in [2.05, 4.69) is 37.3 Å². The molecule has 17 heavy (non-hydrogen) atoms. The molecule has 0 fully saturated rings. The number of fused-ring (bicyclic) bond motifs is 1. The molecule has 0 unspecified atom stereocenters. The molecule has 2 heteroatoms. The minimum Gasteiger partial charge on any atom is -0.380 e. The molecule has 0 spiro atoms. The van der Waals surface area contributed by atoms with Crippen LogP contribution in [0, 0.1) is 6.92 Å². The molecular weight excluding hydrogens is 212 g/mol. The summed E-state index contributed by atoms with van der Waals surface area (Å²) in [5.41, 5.74) is 3.77. The highest BCUT2D eigenvalue weighted by Crippen LogP contribution is 2.26. The monoisotopic (exact) mass is 230 g/mol. The van der Waals surface area contributed by atoms with E-state index in [4.69, 9.17) is 9.47 Å². The SMILES string of the molecule is COCc1cc2ccccc2c(COC)c1C. The molecule has 0 aliphatic rings. The maximum absolute atomic E-state index is 5.31. The first-order valence-electron chi connectivity index (χ1n) is 5.76. The third kappa shape index (κ3) is 2.33. The van der Waals surface area contributed by atoms with Crippen LogP contribution in [0.15, 0.2) is 30.3 Å². The van der Waals surface area contributed by atoms with Gasteiger partial charge in [-0.2, -0.15) is 0 Å². The minimum absolute atomic E-state index is 0.643. The van der Waals surface area contributed by atoms with Gasteiger partial charge in [-0.25, -0.2) is 0 Å². The van der Waals surface area contributed by atoms with Gasteiger partial charge in [0.05, 0.1) is 13.2 Å². The number of methoxy groups -OCH3 is 2. The van der Waals surface area contributed by atoms with E-state index in [0.717, 1.165) is 0 Å². The van der Waals surface area contributed by atoms with E-state index in [1.807, 2.05) is 0 Å². The molecule has 0 aromatic heterocycles. The second-order valence-corrected chi connectivity index (χ2v) is 4.23. The molecule has 0 aliphatic carbocycles. The molecule has 0 heterocycles. The summed E-state index contributed by atoms with van der Waals surface area (Å²) >= 11 is 0. The zero-order valence-electron chi connectivity index (χ0n) is 10.6. The Morgan fingerprint density at radius 1 is 1.00 bits per heavy atom. The van der Waals surface area contributed by atoms with Crippen LogP contribution in [-0.2, 0) is 22.7 Å². The maximum atomic E-state index is 5.31. The molecule has 0 radical (unpaired) electrons. The number of rotatable bonds is 4. The van der Waals surface area contributed by atoms with Crippen LogP contribution in [0.25, 0.3) is 10.8 Å². The minimum atomic E-state index is 0.643. The van der Waals surface area contributed by atoms with Gasteiger partial charge < -0.3 is 9.47 Å². The summed E-state index contributed by atoms with van der Waals surface area (Å²) in [4.78, 5) is 0. The van der Waals surface area contributed by atoms with Gasteiger partial charge in [-0.05, 0) is 40.5 Å². The predicted octanol–water partition coefficient (Wildman–Crippen LogP) is 3.44. The third-order valence-electron chi connectivity index (χ3n) is 3.14. The van der Waals surface area contributed by atoms with E-state index in [0.29, 0.717) is 13.2 Å². The van der Waals surface area contributed by atoms with Gasteiger partial charge in [0.2, 0.25) is 0 Å². The highest BCUT2D eigenvalue weighted by molar-refractivity contribution is 5.87. The van der Waals surface area contributed by atoms with Crippen LogP contribution >= 0.6 is 0 Å². The van der Waals surface area contributed by atoms with Gasteiger partial charge in [-0.3, -0.25) is 0 Å². The van der Waals surface area contributed by atoms with E-state index in [1.165, 1.54) is 27.5 Å². The molecule has 0 amide bonds. The molecule has 0 bridgehead atoms. The summed E-state index contributed by atoms with van der Waals surface area (Å²) in [6, 6.07) is 10.6. The van der Waals surface area contributed by atoms with E-state index < -0.39 is 0 Å². The van der Waals surface area contributed by atoms with Crippen LogP contribution in [0.5, 0.6) is 0 Å². The molecule has 0 N–H and O–H groups in total. The molecule has 0 atom stereocenters. The van der Waals surface area contributed by atoms with Crippen molar-refractivity contribution in [1.29, 1.82) is 0 Å². The zero-order valence-corrected chi connectivity index (χ0v) is 10.6. The lowest BCUT2D eigenvalue weighted by molar-refractivity contribution is 0.180. The first-order chi connectivity index (χ1) is 8.27. The Labute approximate surface area is 102 Å². The first kappa shape index (κ1) is 12.1. The average molecular weight is 230 g/mol. The van der Waals surface area contributed by atoms with Gasteiger partial charge in [0, 0.05) is 14.2 Å². The Bertz CT molecular complexity index is 518. The van der Waals surface area contributed by atoms with Crippen LogP contribution in [0.3, 0.4) is 0 Å². The van der Waals surface area contributed by atoms with Crippen LogP contribution in [0.4, 0.5) is 0 Å². The lowest BCUT2D eigenvalue weighted by Crippen LogP contribution is -2.00. The summed E-state index contributed by atoms with van der Waals surface area (Å²) < 4.78 is 10.6. The van der Waals surface area contributed by atoms with E-state index in [-0.39, 0.29) is 0 Å². The molecule has 2 aromatic rings. The normalized spacial score (nSPS) is 11.0. The zero-order chi connectivity index (χ0) is 12.3. The fourth-order valence-electron chi connectivity index (χ4n) is 2.23. The summed E-state index contributed by atoms with van der Waals surface area (Å²) in [5, 5.41) is 2.52. The number of ether oxygens (including phenoxy) is 2. The van der Waals surface area contributed by atoms with E-state index in [1.54, 1.807) is 14.2 Å². The van der Waals surface area contributed by atoms with Crippen molar-refractivity contribution >= 4 is 10.8 Å². The molecule has 0 saturated carbocycles. The summed E-state index contributed by atoms with van der Waals surface area (Å²) in [6.07, 6.45) is 0. The molecule has 2 aromatic carbocycles. The second-order valence-electron chi connectivity index (χ2n) is 4.23. The Hall–Kier alpha value is -1.38. The van der Waals surface area contributed by atoms with Gasteiger partial charge >= 0.3 is 0 Å². The maximum Gasteiger partial charge on any atom is 0.0721 e. The summed E-state index contributed by atoms with van der Waals surface area (Å²) in [6.45, 7) is 3.42. The Morgan fingerprint density at radius 3 is 2.41 bits per heavy atom. The smallest absolute Gasteiger partial charge is 0.0721 e. The highest BCUT2D eigenvalue weighted by Gasteiger charge is 2.09. The van der Waals surface area contributed by atoms with Gasteiger partial charge in [0.15, 0.2) is 0 Å². The Kier molecular flexibility index (Phi) is 3.77.